The van der Waals surface area contributed by atoms with Crippen LogP contribution in [-0.4, -0.2) is 21.8 Å². The molecule has 1 heterocycles. The van der Waals surface area contributed by atoms with E-state index in [1.165, 1.54) is 11.1 Å². The van der Waals surface area contributed by atoms with Gasteiger partial charge in [-0.1, -0.05) is 54.6 Å². The summed E-state index contributed by atoms with van der Waals surface area (Å²) in [7, 11) is 0. The summed E-state index contributed by atoms with van der Waals surface area (Å²) in [5, 5.41) is 3.33. The zero-order valence-corrected chi connectivity index (χ0v) is 16.7. The van der Waals surface area contributed by atoms with E-state index in [-0.39, 0.29) is 11.9 Å². The minimum Gasteiger partial charge on any atom is -0.366 e. The molecule has 1 N–H and O–H groups in total. The van der Waals surface area contributed by atoms with E-state index in [1.54, 1.807) is 12.3 Å². The van der Waals surface area contributed by atoms with Gasteiger partial charge in [-0.15, -0.1) is 0 Å². The number of benzene rings is 2. The summed E-state index contributed by atoms with van der Waals surface area (Å²) >= 11 is 0. The van der Waals surface area contributed by atoms with Crippen LogP contribution in [-0.2, 0) is 13.1 Å². The summed E-state index contributed by atoms with van der Waals surface area (Å²) in [4.78, 5) is 19.4. The molecule has 0 aliphatic heterocycles. The van der Waals surface area contributed by atoms with Gasteiger partial charge in [0.1, 0.15) is 5.82 Å². The van der Waals surface area contributed by atoms with Crippen LogP contribution in [0.5, 0.6) is 0 Å². The number of nitrogens with one attached hydrogen (secondary N) is 1. The first-order valence-corrected chi connectivity index (χ1v) is 9.64. The molecule has 0 aliphatic carbocycles. The average Bonchev–Trinajstić information content (AvgIpc) is 2.72. The molecule has 0 saturated heterocycles. The number of rotatable bonds is 7. The van der Waals surface area contributed by atoms with Crippen molar-refractivity contribution >= 4 is 11.7 Å². The quantitative estimate of drug-likeness (QED) is 0.630. The third-order valence-corrected chi connectivity index (χ3v) is 4.81. The number of carbonyl (C=O) groups is 1. The van der Waals surface area contributed by atoms with Gasteiger partial charge in [-0.05, 0) is 49.6 Å². The van der Waals surface area contributed by atoms with E-state index in [0.717, 1.165) is 5.56 Å². The Morgan fingerprint density at radius 3 is 2.46 bits per heavy atom. The molecular weight excluding hydrogens is 346 g/mol. The van der Waals surface area contributed by atoms with E-state index < -0.39 is 0 Å². The number of hydrogen-bond donors (Lipinski definition) is 1. The fourth-order valence-electron chi connectivity index (χ4n) is 3.09. The van der Waals surface area contributed by atoms with E-state index in [4.69, 9.17) is 0 Å². The molecule has 4 nitrogen and oxygen atoms in total. The summed E-state index contributed by atoms with van der Waals surface area (Å²) in [6.07, 6.45) is 1.69. The topological polar surface area (TPSA) is 45.2 Å². The third-order valence-electron chi connectivity index (χ3n) is 4.81. The number of anilines is 1. The molecule has 1 amide bonds. The third kappa shape index (κ3) is 4.97. The summed E-state index contributed by atoms with van der Waals surface area (Å²) in [5.74, 6) is 0.720. The molecule has 0 spiro atoms. The Balaban J connectivity index is 1.73. The van der Waals surface area contributed by atoms with Crippen LogP contribution in [0.2, 0.25) is 0 Å². The zero-order chi connectivity index (χ0) is 19.9. The van der Waals surface area contributed by atoms with Gasteiger partial charge in [0.25, 0.3) is 5.91 Å². The van der Waals surface area contributed by atoms with Gasteiger partial charge in [-0.2, -0.15) is 0 Å². The highest BCUT2D eigenvalue weighted by molar-refractivity contribution is 5.95. The number of nitrogens with zero attached hydrogens (tertiary/aromatic N) is 2. The monoisotopic (exact) mass is 373 g/mol. The minimum atomic E-state index is 0.0141. The number of aryl methyl sites for hydroxylation is 1. The predicted octanol–water partition coefficient (Wildman–Crippen LogP) is 5.05. The van der Waals surface area contributed by atoms with Gasteiger partial charge < -0.3 is 10.2 Å². The van der Waals surface area contributed by atoms with Crippen molar-refractivity contribution in [3.8, 4) is 0 Å². The highest BCUT2D eigenvalue weighted by Gasteiger charge is 2.19. The fourth-order valence-corrected chi connectivity index (χ4v) is 3.09. The van der Waals surface area contributed by atoms with Gasteiger partial charge in [0.2, 0.25) is 0 Å². The molecule has 4 heteroatoms. The van der Waals surface area contributed by atoms with Gasteiger partial charge in [0.15, 0.2) is 0 Å². The van der Waals surface area contributed by atoms with Gasteiger partial charge in [0.05, 0.1) is 0 Å². The van der Waals surface area contributed by atoms with Crippen LogP contribution in [0.15, 0.2) is 72.9 Å². The van der Waals surface area contributed by atoms with Crippen molar-refractivity contribution in [1.29, 1.82) is 0 Å². The molecule has 1 aromatic heterocycles. The van der Waals surface area contributed by atoms with E-state index in [1.807, 2.05) is 67.3 Å². The molecule has 144 valence electrons. The second-order valence-electron chi connectivity index (χ2n) is 7.22. The van der Waals surface area contributed by atoms with Crippen LogP contribution in [0, 0.1) is 6.92 Å². The lowest BCUT2D eigenvalue weighted by atomic mass is 10.1. The van der Waals surface area contributed by atoms with Gasteiger partial charge in [0, 0.05) is 30.9 Å². The Labute approximate surface area is 167 Å². The number of amides is 1. The van der Waals surface area contributed by atoms with Crippen LogP contribution in [0.25, 0.3) is 0 Å². The molecular formula is C24H27N3O. The molecule has 0 atom stereocenters. The molecule has 0 radical (unpaired) electrons. The minimum absolute atomic E-state index is 0.0141. The van der Waals surface area contributed by atoms with Crippen molar-refractivity contribution in [2.45, 2.75) is 39.9 Å². The Hall–Kier alpha value is -3.14. The van der Waals surface area contributed by atoms with Crippen molar-refractivity contribution in [2.75, 3.05) is 5.32 Å². The maximum atomic E-state index is 13.1. The van der Waals surface area contributed by atoms with Crippen molar-refractivity contribution in [1.82, 2.24) is 9.88 Å². The molecule has 0 fully saturated rings. The molecule has 0 bridgehead atoms. The van der Waals surface area contributed by atoms with Crippen LogP contribution >= 0.6 is 0 Å². The number of carbonyl (C=O) groups excluding carboxylic acids is 1. The average molecular weight is 374 g/mol. The van der Waals surface area contributed by atoms with E-state index >= 15 is 0 Å². The predicted molar refractivity (Wildman–Crippen MR) is 114 cm³/mol. The SMILES string of the molecule is Cc1ccccc1CNc1cc(C(=O)N(Cc2ccccc2)C(C)C)ccn1. The largest absolute Gasteiger partial charge is 0.366 e. The molecule has 0 unspecified atom stereocenters. The Bertz CT molecular complexity index is 922. The first kappa shape index (κ1) is 19.6. The summed E-state index contributed by atoms with van der Waals surface area (Å²) in [6, 6.07) is 22.0. The van der Waals surface area contributed by atoms with Gasteiger partial charge >= 0.3 is 0 Å². The van der Waals surface area contributed by atoms with E-state index in [2.05, 4.69) is 29.4 Å². The summed E-state index contributed by atoms with van der Waals surface area (Å²) in [6.45, 7) is 7.44. The highest BCUT2D eigenvalue weighted by atomic mass is 16.2. The number of hydrogen-bond acceptors (Lipinski definition) is 3. The van der Waals surface area contributed by atoms with Crippen molar-refractivity contribution in [3.05, 3.63) is 95.2 Å². The second-order valence-corrected chi connectivity index (χ2v) is 7.22. The lowest BCUT2D eigenvalue weighted by Gasteiger charge is -2.27. The molecule has 2 aromatic carbocycles. The van der Waals surface area contributed by atoms with Crippen molar-refractivity contribution in [2.24, 2.45) is 0 Å². The molecule has 3 aromatic rings. The van der Waals surface area contributed by atoms with Crippen LogP contribution in [0.3, 0.4) is 0 Å². The standard InChI is InChI=1S/C24H27N3O/c1-18(2)27(17-20-10-5-4-6-11-20)24(28)21-13-14-25-23(15-21)26-16-22-12-8-7-9-19(22)3/h4-15,18H,16-17H2,1-3H3,(H,25,26). The second kappa shape index (κ2) is 9.18. The molecule has 0 aliphatic rings. The maximum Gasteiger partial charge on any atom is 0.254 e. The van der Waals surface area contributed by atoms with Crippen LogP contribution < -0.4 is 5.32 Å². The smallest absolute Gasteiger partial charge is 0.254 e. The molecule has 0 saturated carbocycles. The van der Waals surface area contributed by atoms with Gasteiger partial charge in [-0.3, -0.25) is 4.79 Å². The van der Waals surface area contributed by atoms with Gasteiger partial charge in [-0.25, -0.2) is 4.98 Å². The maximum absolute atomic E-state index is 13.1. The Kier molecular flexibility index (Phi) is 6.43. The van der Waals surface area contributed by atoms with E-state index in [0.29, 0.717) is 24.5 Å². The number of pyridine rings is 1. The summed E-state index contributed by atoms with van der Waals surface area (Å²) < 4.78 is 0. The Morgan fingerprint density at radius 2 is 1.75 bits per heavy atom. The first-order chi connectivity index (χ1) is 13.5. The number of aromatic nitrogens is 1. The molecule has 28 heavy (non-hydrogen) atoms. The zero-order valence-electron chi connectivity index (χ0n) is 16.7. The van der Waals surface area contributed by atoms with Crippen LogP contribution in [0.1, 0.15) is 40.9 Å². The lowest BCUT2D eigenvalue weighted by molar-refractivity contribution is 0.0690. The Morgan fingerprint density at radius 1 is 1.04 bits per heavy atom. The van der Waals surface area contributed by atoms with Crippen LogP contribution in [0.4, 0.5) is 5.82 Å². The van der Waals surface area contributed by atoms with Crippen molar-refractivity contribution in [3.63, 3.8) is 0 Å². The molecule has 3 rings (SSSR count). The lowest BCUT2D eigenvalue weighted by Crippen LogP contribution is -2.36. The fraction of sp³-hybridized carbons (Fsp3) is 0.250. The first-order valence-electron chi connectivity index (χ1n) is 9.64. The summed E-state index contributed by atoms with van der Waals surface area (Å²) in [5.41, 5.74) is 4.22. The van der Waals surface area contributed by atoms with Crippen molar-refractivity contribution < 1.29 is 4.79 Å². The normalized spacial score (nSPS) is 10.7. The highest BCUT2D eigenvalue weighted by Crippen LogP contribution is 2.16. The van der Waals surface area contributed by atoms with E-state index in [9.17, 15) is 4.79 Å².